The van der Waals surface area contributed by atoms with Gasteiger partial charge in [-0.1, -0.05) is 30.3 Å². The van der Waals surface area contributed by atoms with Gasteiger partial charge in [0.25, 0.3) is 0 Å². The van der Waals surface area contributed by atoms with Gasteiger partial charge in [-0.25, -0.2) is 0 Å². The van der Waals surface area contributed by atoms with Crippen LogP contribution in [-0.4, -0.2) is 46.5 Å². The van der Waals surface area contributed by atoms with Gasteiger partial charge >= 0.3 is 0 Å². The highest BCUT2D eigenvalue weighted by atomic mass is 16.5. The van der Waals surface area contributed by atoms with E-state index in [2.05, 4.69) is 39.9 Å². The molecular formula is C24H33N3O4. The third-order valence-corrected chi connectivity index (χ3v) is 5.27. The maximum Gasteiger partial charge on any atom is 0.191 e. The minimum atomic E-state index is 0.315. The number of guanidine groups is 1. The van der Waals surface area contributed by atoms with Crippen LogP contribution in [0.1, 0.15) is 29.5 Å². The molecule has 0 aliphatic carbocycles. The highest BCUT2D eigenvalue weighted by Gasteiger charge is 2.14. The summed E-state index contributed by atoms with van der Waals surface area (Å²) in [4.78, 5) is 4.30. The van der Waals surface area contributed by atoms with Gasteiger partial charge in [0.2, 0.25) is 0 Å². The number of hydrogen-bond donors (Lipinski definition) is 2. The zero-order chi connectivity index (χ0) is 21.9. The number of benzene rings is 2. The van der Waals surface area contributed by atoms with Gasteiger partial charge in [-0.05, 0) is 41.7 Å². The Morgan fingerprint density at radius 3 is 2.16 bits per heavy atom. The molecule has 1 heterocycles. The number of nitrogens with one attached hydrogen (secondary N) is 2. The Bertz CT molecular complexity index is 833. The van der Waals surface area contributed by atoms with Crippen LogP contribution >= 0.6 is 0 Å². The van der Waals surface area contributed by atoms with Crippen LogP contribution in [0.2, 0.25) is 0 Å². The van der Waals surface area contributed by atoms with E-state index in [1.165, 1.54) is 11.1 Å². The number of hydrogen-bond acceptors (Lipinski definition) is 5. The van der Waals surface area contributed by atoms with Crippen LogP contribution in [0.5, 0.6) is 11.5 Å². The Morgan fingerprint density at radius 2 is 1.52 bits per heavy atom. The molecule has 7 nitrogen and oxygen atoms in total. The average Bonchev–Trinajstić information content (AvgIpc) is 2.84. The molecule has 0 atom stereocenters. The van der Waals surface area contributed by atoms with Crippen molar-refractivity contribution in [3.8, 4) is 11.5 Å². The highest BCUT2D eigenvalue weighted by molar-refractivity contribution is 5.79. The van der Waals surface area contributed by atoms with Crippen LogP contribution in [0.15, 0.2) is 47.5 Å². The van der Waals surface area contributed by atoms with Gasteiger partial charge in [0.15, 0.2) is 17.5 Å². The number of ether oxygens (including phenoxy) is 4. The van der Waals surface area contributed by atoms with Gasteiger partial charge in [-0.3, -0.25) is 4.99 Å². The molecule has 3 rings (SSSR count). The van der Waals surface area contributed by atoms with Gasteiger partial charge in [0.1, 0.15) is 0 Å². The van der Waals surface area contributed by atoms with Crippen molar-refractivity contribution in [3.63, 3.8) is 0 Å². The molecule has 168 valence electrons. The van der Waals surface area contributed by atoms with Crippen molar-refractivity contribution in [1.29, 1.82) is 0 Å². The van der Waals surface area contributed by atoms with E-state index in [1.807, 2.05) is 18.2 Å². The molecule has 2 aromatic rings. The van der Waals surface area contributed by atoms with Gasteiger partial charge in [-0.15, -0.1) is 0 Å². The molecule has 31 heavy (non-hydrogen) atoms. The second kappa shape index (κ2) is 12.2. The van der Waals surface area contributed by atoms with Crippen molar-refractivity contribution in [2.45, 2.75) is 38.6 Å². The SMILES string of the molecule is CN=C(NCc1ccc(COC2CCOCC2)cc1)NCc1ccc(OC)c(OC)c1. The van der Waals surface area contributed by atoms with Crippen molar-refractivity contribution in [3.05, 3.63) is 59.2 Å². The van der Waals surface area contributed by atoms with Crippen molar-refractivity contribution in [2.75, 3.05) is 34.5 Å². The summed E-state index contributed by atoms with van der Waals surface area (Å²) in [7, 11) is 5.03. The van der Waals surface area contributed by atoms with E-state index in [-0.39, 0.29) is 0 Å². The third-order valence-electron chi connectivity index (χ3n) is 5.27. The lowest BCUT2D eigenvalue weighted by Crippen LogP contribution is -2.36. The Labute approximate surface area is 184 Å². The van der Waals surface area contributed by atoms with Gasteiger partial charge in [0.05, 0.1) is 26.9 Å². The molecule has 0 aromatic heterocycles. The fraction of sp³-hybridized carbons (Fsp3) is 0.458. The second-order valence-electron chi connectivity index (χ2n) is 7.41. The smallest absolute Gasteiger partial charge is 0.191 e. The topological polar surface area (TPSA) is 73.3 Å². The van der Waals surface area contributed by atoms with Crippen LogP contribution in [0, 0.1) is 0 Å². The standard InChI is InChI=1S/C24H33N3O4/c1-25-24(27-16-20-8-9-22(28-2)23(14-20)29-3)26-15-18-4-6-19(7-5-18)17-31-21-10-12-30-13-11-21/h4-9,14,21H,10-13,15-17H2,1-3H3,(H2,25,26,27). The average molecular weight is 428 g/mol. The molecule has 0 spiro atoms. The molecule has 2 N–H and O–H groups in total. The molecular weight excluding hydrogens is 394 g/mol. The molecule has 7 heteroatoms. The van der Waals surface area contributed by atoms with Crippen molar-refractivity contribution in [2.24, 2.45) is 4.99 Å². The molecule has 0 radical (unpaired) electrons. The summed E-state index contributed by atoms with van der Waals surface area (Å²) < 4.78 is 22.0. The Hall–Kier alpha value is -2.77. The molecule has 0 unspecified atom stereocenters. The minimum absolute atomic E-state index is 0.315. The molecule has 0 amide bonds. The molecule has 0 bridgehead atoms. The molecule has 1 fully saturated rings. The first kappa shape index (κ1) is 22.9. The first-order valence-electron chi connectivity index (χ1n) is 10.6. The maximum atomic E-state index is 5.99. The zero-order valence-corrected chi connectivity index (χ0v) is 18.6. The summed E-state index contributed by atoms with van der Waals surface area (Å²) >= 11 is 0. The molecule has 1 aliphatic heterocycles. The summed E-state index contributed by atoms with van der Waals surface area (Å²) in [6, 6.07) is 14.4. The Kier molecular flexibility index (Phi) is 8.99. The van der Waals surface area contributed by atoms with E-state index < -0.39 is 0 Å². The third kappa shape index (κ3) is 7.15. The zero-order valence-electron chi connectivity index (χ0n) is 18.6. The van der Waals surface area contributed by atoms with E-state index in [0.717, 1.165) is 43.3 Å². The van der Waals surface area contributed by atoms with E-state index >= 15 is 0 Å². The molecule has 1 saturated heterocycles. The lowest BCUT2D eigenvalue weighted by molar-refractivity contribution is -0.0390. The van der Waals surface area contributed by atoms with E-state index in [1.54, 1.807) is 21.3 Å². The van der Waals surface area contributed by atoms with Crippen molar-refractivity contribution in [1.82, 2.24) is 10.6 Å². The van der Waals surface area contributed by atoms with E-state index in [4.69, 9.17) is 18.9 Å². The van der Waals surface area contributed by atoms with E-state index in [9.17, 15) is 0 Å². The summed E-state index contributed by atoms with van der Waals surface area (Å²) in [5.74, 6) is 2.17. The Morgan fingerprint density at radius 1 is 0.903 bits per heavy atom. The quantitative estimate of drug-likeness (QED) is 0.473. The summed E-state index contributed by atoms with van der Waals surface area (Å²) in [6.07, 6.45) is 2.28. The maximum absolute atomic E-state index is 5.99. The predicted octanol–water partition coefficient (Wildman–Crippen LogP) is 3.26. The summed E-state index contributed by atoms with van der Waals surface area (Å²) in [5.41, 5.74) is 3.45. The van der Waals surface area contributed by atoms with Crippen LogP contribution in [0.4, 0.5) is 0 Å². The van der Waals surface area contributed by atoms with Crippen LogP contribution in [0.3, 0.4) is 0 Å². The first-order chi connectivity index (χ1) is 15.2. The predicted molar refractivity (Wildman–Crippen MR) is 122 cm³/mol. The van der Waals surface area contributed by atoms with Crippen LogP contribution in [0.25, 0.3) is 0 Å². The molecule has 0 saturated carbocycles. The second-order valence-corrected chi connectivity index (χ2v) is 7.41. The van der Waals surface area contributed by atoms with Crippen LogP contribution < -0.4 is 20.1 Å². The van der Waals surface area contributed by atoms with Crippen molar-refractivity contribution < 1.29 is 18.9 Å². The van der Waals surface area contributed by atoms with Gasteiger partial charge in [-0.2, -0.15) is 0 Å². The number of rotatable bonds is 9. The fourth-order valence-corrected chi connectivity index (χ4v) is 3.39. The van der Waals surface area contributed by atoms with Gasteiger partial charge in [0, 0.05) is 33.4 Å². The summed E-state index contributed by atoms with van der Waals surface area (Å²) in [6.45, 7) is 3.56. The largest absolute Gasteiger partial charge is 0.493 e. The van der Waals surface area contributed by atoms with E-state index in [0.29, 0.717) is 31.5 Å². The minimum Gasteiger partial charge on any atom is -0.493 e. The molecule has 1 aliphatic rings. The van der Waals surface area contributed by atoms with Gasteiger partial charge < -0.3 is 29.6 Å². The number of nitrogens with zero attached hydrogens (tertiary/aromatic N) is 1. The lowest BCUT2D eigenvalue weighted by Gasteiger charge is -2.22. The summed E-state index contributed by atoms with van der Waals surface area (Å²) in [5, 5.41) is 6.67. The highest BCUT2D eigenvalue weighted by Crippen LogP contribution is 2.27. The number of aliphatic imine (C=N–C) groups is 1. The molecule has 2 aromatic carbocycles. The van der Waals surface area contributed by atoms with Crippen LogP contribution in [-0.2, 0) is 29.2 Å². The first-order valence-corrected chi connectivity index (χ1v) is 10.6. The monoisotopic (exact) mass is 427 g/mol. The lowest BCUT2D eigenvalue weighted by atomic mass is 10.1. The normalized spacial score (nSPS) is 14.9. The number of methoxy groups -OCH3 is 2. The fourth-order valence-electron chi connectivity index (χ4n) is 3.39. The van der Waals surface area contributed by atoms with Crippen molar-refractivity contribution >= 4 is 5.96 Å². The Balaban J connectivity index is 1.43.